The third-order valence-corrected chi connectivity index (χ3v) is 4.44. The predicted octanol–water partition coefficient (Wildman–Crippen LogP) is 2.65. The molecule has 126 valence electrons. The minimum Gasteiger partial charge on any atom is -0.492 e. The lowest BCUT2D eigenvalue weighted by Crippen LogP contribution is -2.38. The average Bonchev–Trinajstić information content (AvgIpc) is 2.86. The standard InChI is InChI=1S/C18H12ClNO5/c19-12-5-6-15-10(8-12)7-11(9-24-15)18(23)25-20-16(21)13-3-1-2-4-14(13)17(20)22/h1-6,8,11H,7,9H2. The molecule has 4 rings (SSSR count). The van der Waals surface area contributed by atoms with E-state index in [9.17, 15) is 14.4 Å². The molecule has 0 aliphatic carbocycles. The van der Waals surface area contributed by atoms with Crippen molar-refractivity contribution in [2.45, 2.75) is 6.42 Å². The predicted molar refractivity (Wildman–Crippen MR) is 87.2 cm³/mol. The van der Waals surface area contributed by atoms with Crippen LogP contribution in [0.2, 0.25) is 5.02 Å². The first-order valence-electron chi connectivity index (χ1n) is 7.65. The summed E-state index contributed by atoms with van der Waals surface area (Å²) in [5.74, 6) is -1.95. The second-order valence-electron chi connectivity index (χ2n) is 5.82. The van der Waals surface area contributed by atoms with Gasteiger partial charge >= 0.3 is 5.97 Å². The molecule has 0 N–H and O–H groups in total. The highest BCUT2D eigenvalue weighted by Crippen LogP contribution is 2.31. The number of hydrogen-bond acceptors (Lipinski definition) is 5. The second-order valence-corrected chi connectivity index (χ2v) is 6.26. The molecule has 1 atom stereocenters. The number of fused-ring (bicyclic) bond motifs is 2. The summed E-state index contributed by atoms with van der Waals surface area (Å²) in [6, 6.07) is 11.5. The zero-order valence-electron chi connectivity index (χ0n) is 12.9. The molecule has 0 spiro atoms. The van der Waals surface area contributed by atoms with Crippen LogP contribution in [0.1, 0.15) is 26.3 Å². The number of imide groups is 1. The summed E-state index contributed by atoms with van der Waals surface area (Å²) < 4.78 is 5.54. The van der Waals surface area contributed by atoms with Gasteiger partial charge in [-0.1, -0.05) is 28.8 Å². The van der Waals surface area contributed by atoms with Crippen LogP contribution in [0.15, 0.2) is 42.5 Å². The highest BCUT2D eigenvalue weighted by Gasteiger charge is 2.40. The van der Waals surface area contributed by atoms with Crippen molar-refractivity contribution in [3.8, 4) is 5.75 Å². The number of rotatable bonds is 2. The van der Waals surface area contributed by atoms with Crippen molar-refractivity contribution in [3.05, 3.63) is 64.2 Å². The van der Waals surface area contributed by atoms with E-state index >= 15 is 0 Å². The van der Waals surface area contributed by atoms with Gasteiger partial charge in [0.25, 0.3) is 11.8 Å². The Morgan fingerprint density at radius 3 is 2.48 bits per heavy atom. The van der Waals surface area contributed by atoms with Gasteiger partial charge in [0.2, 0.25) is 0 Å². The van der Waals surface area contributed by atoms with Gasteiger partial charge in [0.15, 0.2) is 0 Å². The van der Waals surface area contributed by atoms with Crippen LogP contribution >= 0.6 is 11.6 Å². The van der Waals surface area contributed by atoms with Crippen molar-refractivity contribution in [3.63, 3.8) is 0 Å². The summed E-state index contributed by atoms with van der Waals surface area (Å²) in [6.07, 6.45) is 0.359. The fourth-order valence-corrected chi connectivity index (χ4v) is 3.12. The maximum atomic E-state index is 12.4. The number of amides is 2. The molecular weight excluding hydrogens is 346 g/mol. The maximum absolute atomic E-state index is 12.4. The van der Waals surface area contributed by atoms with Crippen LogP contribution in [0.5, 0.6) is 5.75 Å². The van der Waals surface area contributed by atoms with Gasteiger partial charge in [-0.05, 0) is 42.3 Å². The van der Waals surface area contributed by atoms with Crippen LogP contribution in [0, 0.1) is 5.92 Å². The largest absolute Gasteiger partial charge is 0.492 e. The Kier molecular flexibility index (Phi) is 3.69. The highest BCUT2D eigenvalue weighted by molar-refractivity contribution is 6.30. The number of nitrogens with zero attached hydrogens (tertiary/aromatic N) is 1. The number of carbonyl (C=O) groups is 3. The van der Waals surface area contributed by atoms with Crippen LogP contribution in [0.25, 0.3) is 0 Å². The van der Waals surface area contributed by atoms with Gasteiger partial charge in [0.05, 0.1) is 17.0 Å². The zero-order chi connectivity index (χ0) is 17.6. The fourth-order valence-electron chi connectivity index (χ4n) is 2.93. The molecule has 6 nitrogen and oxygen atoms in total. The van der Waals surface area contributed by atoms with Gasteiger partial charge < -0.3 is 9.57 Å². The number of halogens is 1. The van der Waals surface area contributed by atoms with Gasteiger partial charge in [-0.25, -0.2) is 4.79 Å². The van der Waals surface area contributed by atoms with Crippen LogP contribution in [0.4, 0.5) is 0 Å². The van der Waals surface area contributed by atoms with Gasteiger partial charge in [0.1, 0.15) is 12.4 Å². The molecule has 2 aromatic rings. The van der Waals surface area contributed by atoms with E-state index in [-0.39, 0.29) is 17.7 Å². The van der Waals surface area contributed by atoms with Crippen LogP contribution in [-0.4, -0.2) is 29.5 Å². The molecule has 0 saturated carbocycles. The third kappa shape index (κ3) is 2.64. The number of hydrogen-bond donors (Lipinski definition) is 0. The molecule has 1 unspecified atom stereocenters. The Bertz CT molecular complexity index is 875. The lowest BCUT2D eigenvalue weighted by molar-refractivity contribution is -0.175. The molecular formula is C18H12ClNO5. The van der Waals surface area contributed by atoms with Crippen molar-refractivity contribution in [2.75, 3.05) is 6.61 Å². The second kappa shape index (κ2) is 5.89. The first-order valence-corrected chi connectivity index (χ1v) is 8.03. The third-order valence-electron chi connectivity index (χ3n) is 4.20. The fraction of sp³-hybridized carbons (Fsp3) is 0.167. The number of hydroxylamine groups is 2. The summed E-state index contributed by atoms with van der Waals surface area (Å²) in [7, 11) is 0. The monoisotopic (exact) mass is 357 g/mol. The normalized spacial score (nSPS) is 18.4. The van der Waals surface area contributed by atoms with Crippen molar-refractivity contribution in [1.29, 1.82) is 0 Å². The first-order chi connectivity index (χ1) is 12.0. The summed E-state index contributed by atoms with van der Waals surface area (Å²) in [5, 5.41) is 1.05. The Balaban J connectivity index is 1.50. The number of ether oxygens (including phenoxy) is 1. The molecule has 2 heterocycles. The molecule has 0 radical (unpaired) electrons. The minimum absolute atomic E-state index is 0.108. The number of benzene rings is 2. The SMILES string of the molecule is O=C(ON1C(=O)c2ccccc2C1=O)C1COc2ccc(Cl)cc2C1. The lowest BCUT2D eigenvalue weighted by Gasteiger charge is -2.25. The molecule has 0 fully saturated rings. The molecule has 25 heavy (non-hydrogen) atoms. The number of carbonyl (C=O) groups excluding carboxylic acids is 3. The average molecular weight is 358 g/mol. The van der Waals surface area contributed by atoms with Crippen molar-refractivity contribution in [2.24, 2.45) is 5.92 Å². The Morgan fingerprint density at radius 1 is 1.12 bits per heavy atom. The summed E-state index contributed by atoms with van der Waals surface area (Å²) in [5.41, 5.74) is 1.22. The van der Waals surface area contributed by atoms with Crippen molar-refractivity contribution >= 4 is 29.4 Å². The van der Waals surface area contributed by atoms with Crippen LogP contribution in [0.3, 0.4) is 0 Å². The van der Waals surface area contributed by atoms with E-state index in [1.807, 2.05) is 0 Å². The van der Waals surface area contributed by atoms with Crippen LogP contribution < -0.4 is 4.74 Å². The van der Waals surface area contributed by atoms with Crippen molar-refractivity contribution in [1.82, 2.24) is 5.06 Å². The topological polar surface area (TPSA) is 72.9 Å². The van der Waals surface area contributed by atoms with E-state index < -0.39 is 23.7 Å². The van der Waals surface area contributed by atoms with Gasteiger partial charge in [-0.15, -0.1) is 0 Å². The minimum atomic E-state index is -0.694. The first kappa shape index (κ1) is 15.7. The molecule has 0 saturated heterocycles. The molecule has 2 aromatic carbocycles. The van der Waals surface area contributed by atoms with E-state index in [1.54, 1.807) is 30.3 Å². The zero-order valence-corrected chi connectivity index (χ0v) is 13.7. The van der Waals surface area contributed by atoms with E-state index in [0.29, 0.717) is 22.3 Å². The molecule has 7 heteroatoms. The van der Waals surface area contributed by atoms with Gasteiger partial charge in [-0.3, -0.25) is 9.59 Å². The lowest BCUT2D eigenvalue weighted by atomic mass is 9.97. The van der Waals surface area contributed by atoms with Gasteiger partial charge in [0, 0.05) is 5.02 Å². The summed E-state index contributed by atoms with van der Waals surface area (Å²) in [4.78, 5) is 42.0. The Morgan fingerprint density at radius 2 is 1.80 bits per heavy atom. The van der Waals surface area contributed by atoms with Gasteiger partial charge in [-0.2, -0.15) is 0 Å². The molecule has 0 bridgehead atoms. The smallest absolute Gasteiger partial charge is 0.340 e. The quantitative estimate of drug-likeness (QED) is 0.772. The van der Waals surface area contributed by atoms with Crippen LogP contribution in [-0.2, 0) is 16.1 Å². The summed E-state index contributed by atoms with van der Waals surface area (Å²) >= 11 is 5.96. The summed E-state index contributed by atoms with van der Waals surface area (Å²) in [6.45, 7) is 0.108. The van der Waals surface area contributed by atoms with Crippen molar-refractivity contribution < 1.29 is 24.0 Å². The Labute approximate surface area is 147 Å². The molecule has 2 amide bonds. The molecule has 0 aromatic heterocycles. The molecule has 2 aliphatic rings. The van der Waals surface area contributed by atoms with E-state index in [1.165, 1.54) is 12.1 Å². The molecule has 2 aliphatic heterocycles. The van der Waals surface area contributed by atoms with E-state index in [4.69, 9.17) is 21.2 Å². The van der Waals surface area contributed by atoms with E-state index in [0.717, 1.165) is 5.56 Å². The maximum Gasteiger partial charge on any atom is 0.340 e. The Hall–Kier alpha value is -2.86. The van der Waals surface area contributed by atoms with E-state index in [2.05, 4.69) is 0 Å². The highest BCUT2D eigenvalue weighted by atomic mass is 35.5.